The van der Waals surface area contributed by atoms with Crippen molar-refractivity contribution in [3.63, 3.8) is 0 Å². The number of halogens is 1. The highest BCUT2D eigenvalue weighted by molar-refractivity contribution is 5.79. The molecule has 0 spiro atoms. The molecular weight excluding hydrogens is 265 g/mol. The fraction of sp³-hybridized carbons (Fsp3) is 0.857. The van der Waals surface area contributed by atoms with E-state index in [-0.39, 0.29) is 6.42 Å². The van der Waals surface area contributed by atoms with Crippen LogP contribution in [0.25, 0.3) is 0 Å². The van der Waals surface area contributed by atoms with E-state index in [1.807, 2.05) is 6.92 Å². The first kappa shape index (κ1) is 18.7. The van der Waals surface area contributed by atoms with Gasteiger partial charge in [0.2, 0.25) is 6.36 Å². The molecule has 6 heteroatoms. The van der Waals surface area contributed by atoms with Gasteiger partial charge in [0, 0.05) is 6.42 Å². The second-order valence-corrected chi connectivity index (χ2v) is 5.44. The largest absolute Gasteiger partial charge is 0.480 e. The van der Waals surface area contributed by atoms with Crippen molar-refractivity contribution in [2.24, 2.45) is 11.8 Å². The Hall–Kier alpha value is -1.33. The normalized spacial score (nSPS) is 15.5. The number of carboxylic acid groups (broad SMARTS) is 1. The molecule has 0 fully saturated rings. The number of ether oxygens (including phenoxy) is 1. The number of amides is 1. The molecule has 0 aliphatic carbocycles. The first-order chi connectivity index (χ1) is 9.27. The monoisotopic (exact) mass is 291 g/mol. The smallest absolute Gasteiger partial charge is 0.410 e. The van der Waals surface area contributed by atoms with E-state index in [1.165, 1.54) is 0 Å². The van der Waals surface area contributed by atoms with Gasteiger partial charge in [-0.1, -0.05) is 27.7 Å². The minimum absolute atomic E-state index is 0.107. The molecule has 0 radical (unpaired) electrons. The number of alkyl carbamates (subject to hydrolysis) is 1. The van der Waals surface area contributed by atoms with Gasteiger partial charge in [-0.15, -0.1) is 0 Å². The van der Waals surface area contributed by atoms with Crippen LogP contribution in [0.2, 0.25) is 0 Å². The molecule has 0 aliphatic heterocycles. The molecule has 0 aliphatic rings. The third-order valence-corrected chi connectivity index (χ3v) is 3.39. The summed E-state index contributed by atoms with van der Waals surface area (Å²) in [7, 11) is 0. The van der Waals surface area contributed by atoms with Crippen molar-refractivity contribution in [1.29, 1.82) is 0 Å². The van der Waals surface area contributed by atoms with Crippen LogP contribution < -0.4 is 5.32 Å². The van der Waals surface area contributed by atoms with Crippen LogP contribution in [0.3, 0.4) is 0 Å². The molecule has 0 aromatic heterocycles. The van der Waals surface area contributed by atoms with Crippen molar-refractivity contribution >= 4 is 12.1 Å². The predicted octanol–water partition coefficient (Wildman–Crippen LogP) is 3.33. The molecule has 0 aromatic rings. The summed E-state index contributed by atoms with van der Waals surface area (Å²) in [5.74, 6) is -0.344. The molecule has 20 heavy (non-hydrogen) atoms. The number of hydrogen-bond acceptors (Lipinski definition) is 3. The first-order valence-electron chi connectivity index (χ1n) is 7.11. The van der Waals surface area contributed by atoms with Crippen molar-refractivity contribution < 1.29 is 23.8 Å². The molecule has 3 unspecified atom stereocenters. The number of carbonyl (C=O) groups excluding carboxylic acids is 1. The van der Waals surface area contributed by atoms with E-state index in [0.717, 1.165) is 0 Å². The lowest BCUT2D eigenvalue weighted by Crippen LogP contribution is -2.42. The van der Waals surface area contributed by atoms with E-state index in [9.17, 15) is 14.0 Å². The molecule has 0 heterocycles. The Morgan fingerprint density at radius 2 is 1.80 bits per heavy atom. The van der Waals surface area contributed by atoms with E-state index in [1.54, 1.807) is 6.92 Å². The summed E-state index contributed by atoms with van der Waals surface area (Å²) >= 11 is 0. The standard InChI is InChI=1S/C14H26FNO4/c1-5-6-12(15)20-14(19)16-11(13(17)18)8-7-10(4)9(2)3/h9-12H,5-8H2,1-4H3,(H,16,19)(H,17,18). The van der Waals surface area contributed by atoms with Gasteiger partial charge in [-0.2, -0.15) is 0 Å². The van der Waals surface area contributed by atoms with E-state index in [4.69, 9.17) is 5.11 Å². The third kappa shape index (κ3) is 7.96. The number of aliphatic carboxylic acids is 1. The number of carboxylic acids is 1. The summed E-state index contributed by atoms with van der Waals surface area (Å²) < 4.78 is 17.5. The highest BCUT2D eigenvalue weighted by atomic mass is 19.1. The lowest BCUT2D eigenvalue weighted by atomic mass is 9.91. The van der Waals surface area contributed by atoms with Gasteiger partial charge >= 0.3 is 12.1 Å². The Morgan fingerprint density at radius 1 is 1.20 bits per heavy atom. The predicted molar refractivity (Wildman–Crippen MR) is 74.1 cm³/mol. The molecular formula is C14H26FNO4. The topological polar surface area (TPSA) is 75.6 Å². The minimum atomic E-state index is -1.69. The summed E-state index contributed by atoms with van der Waals surface area (Å²) in [4.78, 5) is 22.4. The number of rotatable bonds is 9. The molecule has 0 bridgehead atoms. The van der Waals surface area contributed by atoms with E-state index in [0.29, 0.717) is 31.1 Å². The van der Waals surface area contributed by atoms with Crippen molar-refractivity contribution in [1.82, 2.24) is 5.32 Å². The van der Waals surface area contributed by atoms with Gasteiger partial charge in [0.15, 0.2) is 0 Å². The fourth-order valence-corrected chi connectivity index (χ4v) is 1.60. The van der Waals surface area contributed by atoms with E-state index in [2.05, 4.69) is 23.9 Å². The second kappa shape index (κ2) is 9.55. The maximum atomic E-state index is 13.1. The number of nitrogens with one attached hydrogen (secondary N) is 1. The zero-order valence-electron chi connectivity index (χ0n) is 12.7. The van der Waals surface area contributed by atoms with Crippen LogP contribution in [0.4, 0.5) is 9.18 Å². The Kier molecular flexibility index (Phi) is 8.92. The van der Waals surface area contributed by atoms with Crippen LogP contribution in [0.1, 0.15) is 53.4 Å². The van der Waals surface area contributed by atoms with Crippen molar-refractivity contribution in [3.8, 4) is 0 Å². The van der Waals surface area contributed by atoms with Crippen molar-refractivity contribution in [2.75, 3.05) is 0 Å². The number of alkyl halides is 1. The lowest BCUT2D eigenvalue weighted by Gasteiger charge is -2.19. The van der Waals surface area contributed by atoms with Crippen molar-refractivity contribution in [3.05, 3.63) is 0 Å². The molecule has 0 saturated carbocycles. The van der Waals surface area contributed by atoms with Gasteiger partial charge in [0.25, 0.3) is 0 Å². The maximum absolute atomic E-state index is 13.1. The lowest BCUT2D eigenvalue weighted by molar-refractivity contribution is -0.139. The third-order valence-electron chi connectivity index (χ3n) is 3.39. The van der Waals surface area contributed by atoms with Crippen LogP contribution >= 0.6 is 0 Å². The minimum Gasteiger partial charge on any atom is -0.480 e. The van der Waals surface area contributed by atoms with Crippen LogP contribution in [-0.2, 0) is 9.53 Å². The van der Waals surface area contributed by atoms with Gasteiger partial charge in [-0.25, -0.2) is 14.0 Å². The average molecular weight is 291 g/mol. The highest BCUT2D eigenvalue weighted by Gasteiger charge is 2.23. The zero-order valence-corrected chi connectivity index (χ0v) is 12.7. The van der Waals surface area contributed by atoms with Crippen LogP contribution in [0.15, 0.2) is 0 Å². The maximum Gasteiger partial charge on any atom is 0.410 e. The fourth-order valence-electron chi connectivity index (χ4n) is 1.60. The van der Waals surface area contributed by atoms with Gasteiger partial charge in [-0.05, 0) is 31.1 Å². The summed E-state index contributed by atoms with van der Waals surface area (Å²) in [6.45, 7) is 7.91. The molecule has 5 nitrogen and oxygen atoms in total. The van der Waals surface area contributed by atoms with Gasteiger partial charge < -0.3 is 15.2 Å². The van der Waals surface area contributed by atoms with E-state index < -0.39 is 24.5 Å². The Labute approximate surface area is 119 Å². The number of hydrogen-bond donors (Lipinski definition) is 2. The molecule has 2 N–H and O–H groups in total. The summed E-state index contributed by atoms with van der Waals surface area (Å²) in [5.41, 5.74) is 0. The first-order valence-corrected chi connectivity index (χ1v) is 7.11. The quantitative estimate of drug-likeness (QED) is 0.683. The van der Waals surface area contributed by atoms with E-state index >= 15 is 0 Å². The Balaban J connectivity index is 4.26. The second-order valence-electron chi connectivity index (χ2n) is 5.44. The zero-order chi connectivity index (χ0) is 15.7. The van der Waals surface area contributed by atoms with Gasteiger partial charge in [0.1, 0.15) is 6.04 Å². The van der Waals surface area contributed by atoms with Crippen LogP contribution in [0.5, 0.6) is 0 Å². The Bertz CT molecular complexity index is 310. The Morgan fingerprint density at radius 3 is 2.25 bits per heavy atom. The summed E-state index contributed by atoms with van der Waals surface area (Å²) in [6, 6.07) is -1.04. The highest BCUT2D eigenvalue weighted by Crippen LogP contribution is 2.17. The van der Waals surface area contributed by atoms with Crippen LogP contribution in [0, 0.1) is 11.8 Å². The molecule has 118 valence electrons. The van der Waals surface area contributed by atoms with Crippen LogP contribution in [-0.4, -0.2) is 29.6 Å². The van der Waals surface area contributed by atoms with Gasteiger partial charge in [0.05, 0.1) is 0 Å². The molecule has 0 rings (SSSR count). The average Bonchev–Trinajstić information content (AvgIpc) is 2.33. The number of carbonyl (C=O) groups is 2. The van der Waals surface area contributed by atoms with Gasteiger partial charge in [-0.3, -0.25) is 0 Å². The molecule has 3 atom stereocenters. The molecule has 1 amide bonds. The summed E-state index contributed by atoms with van der Waals surface area (Å²) in [6.07, 6.45) is -1.09. The molecule has 0 saturated heterocycles. The van der Waals surface area contributed by atoms with Crippen molar-refractivity contribution in [2.45, 2.75) is 65.8 Å². The molecule has 0 aromatic carbocycles. The SMILES string of the molecule is CCCC(F)OC(=O)NC(CCC(C)C(C)C)C(=O)O. The summed E-state index contributed by atoms with van der Waals surface area (Å²) in [5, 5.41) is 11.2.